The molecule has 0 N–H and O–H groups in total. The van der Waals surface area contributed by atoms with Crippen LogP contribution in [0.5, 0.6) is 0 Å². The van der Waals surface area contributed by atoms with E-state index in [-0.39, 0.29) is 6.04 Å². The molecule has 7 aromatic carbocycles. The van der Waals surface area contributed by atoms with Gasteiger partial charge >= 0.3 is 0 Å². The first-order valence-corrected chi connectivity index (χ1v) is 17.7. The van der Waals surface area contributed by atoms with Crippen LogP contribution in [-0.2, 0) is 0 Å². The fourth-order valence-electron chi connectivity index (χ4n) is 8.55. The molecule has 3 nitrogen and oxygen atoms in total. The Morgan fingerprint density at radius 3 is 2.00 bits per heavy atom. The van der Waals surface area contributed by atoms with Gasteiger partial charge in [-0.15, -0.1) is 0 Å². The number of furan rings is 1. The van der Waals surface area contributed by atoms with Crippen molar-refractivity contribution in [2.75, 3.05) is 4.90 Å². The van der Waals surface area contributed by atoms with Crippen molar-refractivity contribution in [1.29, 1.82) is 0 Å². The number of anilines is 2. The largest absolute Gasteiger partial charge is 0.456 e. The molecule has 2 atom stereocenters. The lowest BCUT2D eigenvalue weighted by molar-refractivity contribution is 0.669. The molecule has 11 rings (SSSR count). The lowest BCUT2D eigenvalue weighted by Gasteiger charge is -2.28. The van der Waals surface area contributed by atoms with Crippen molar-refractivity contribution in [2.45, 2.75) is 12.0 Å². The summed E-state index contributed by atoms with van der Waals surface area (Å²) in [6.07, 6.45) is 9.07. The second kappa shape index (κ2) is 11.0. The second-order valence-corrected chi connectivity index (χ2v) is 13.7. The fraction of sp³-hybridized carbons (Fsp3) is 0.0417. The number of hydrogen-bond acceptors (Lipinski definition) is 2. The summed E-state index contributed by atoms with van der Waals surface area (Å²) >= 11 is 0. The Balaban J connectivity index is 0.983. The summed E-state index contributed by atoms with van der Waals surface area (Å²) in [6.45, 7) is 0. The number of aromatic nitrogens is 1. The average molecular weight is 653 g/mol. The highest BCUT2D eigenvalue weighted by Gasteiger charge is 2.37. The van der Waals surface area contributed by atoms with Gasteiger partial charge in [0.2, 0.25) is 0 Å². The minimum Gasteiger partial charge on any atom is -0.456 e. The molecule has 0 bridgehead atoms. The number of allylic oxidation sites excluding steroid dienone is 2. The van der Waals surface area contributed by atoms with Gasteiger partial charge in [-0.3, -0.25) is 0 Å². The van der Waals surface area contributed by atoms with Gasteiger partial charge in [-0.2, -0.15) is 0 Å². The van der Waals surface area contributed by atoms with E-state index in [4.69, 9.17) is 4.42 Å². The number of rotatable bonds is 4. The van der Waals surface area contributed by atoms with Gasteiger partial charge in [0.15, 0.2) is 0 Å². The Hall–Kier alpha value is -6.58. The summed E-state index contributed by atoms with van der Waals surface area (Å²) in [4.78, 5) is 2.49. The van der Waals surface area contributed by atoms with Crippen LogP contribution in [0.3, 0.4) is 0 Å². The smallest absolute Gasteiger partial charge is 0.136 e. The number of para-hydroxylation sites is 3. The van der Waals surface area contributed by atoms with E-state index in [0.29, 0.717) is 5.92 Å². The fourth-order valence-corrected chi connectivity index (χ4v) is 8.55. The molecule has 0 radical (unpaired) electrons. The number of nitrogens with zero attached hydrogens (tertiary/aromatic N) is 2. The molecule has 0 fully saturated rings. The predicted octanol–water partition coefficient (Wildman–Crippen LogP) is 12.7. The quantitative estimate of drug-likeness (QED) is 0.189. The van der Waals surface area contributed by atoms with Gasteiger partial charge in [-0.05, 0) is 101 Å². The molecule has 2 unspecified atom stereocenters. The maximum atomic E-state index is 6.19. The molecule has 0 amide bonds. The highest BCUT2D eigenvalue weighted by molar-refractivity contribution is 6.10. The van der Waals surface area contributed by atoms with Crippen molar-refractivity contribution in [1.82, 2.24) is 4.57 Å². The molecule has 0 spiro atoms. The molecule has 9 aromatic rings. The van der Waals surface area contributed by atoms with Crippen molar-refractivity contribution in [3.05, 3.63) is 188 Å². The van der Waals surface area contributed by atoms with E-state index in [9.17, 15) is 0 Å². The average Bonchev–Trinajstić information content (AvgIpc) is 3.85. The van der Waals surface area contributed by atoms with Crippen LogP contribution in [0.1, 0.15) is 11.5 Å². The van der Waals surface area contributed by atoms with Crippen molar-refractivity contribution in [3.63, 3.8) is 0 Å². The van der Waals surface area contributed by atoms with Gasteiger partial charge in [-0.25, -0.2) is 0 Å². The van der Waals surface area contributed by atoms with Gasteiger partial charge in [0.25, 0.3) is 0 Å². The zero-order chi connectivity index (χ0) is 33.5. The normalized spacial score (nSPS) is 16.4. The summed E-state index contributed by atoms with van der Waals surface area (Å²) in [7, 11) is 0. The monoisotopic (exact) mass is 652 g/mol. The van der Waals surface area contributed by atoms with E-state index in [1.54, 1.807) is 0 Å². The minimum absolute atomic E-state index is 0.280. The predicted molar refractivity (Wildman–Crippen MR) is 212 cm³/mol. The number of benzene rings is 7. The molecule has 51 heavy (non-hydrogen) atoms. The van der Waals surface area contributed by atoms with E-state index >= 15 is 0 Å². The molecular weight excluding hydrogens is 621 g/mol. The van der Waals surface area contributed by atoms with Crippen molar-refractivity contribution < 1.29 is 4.42 Å². The van der Waals surface area contributed by atoms with Crippen LogP contribution in [-0.4, -0.2) is 10.6 Å². The summed E-state index contributed by atoms with van der Waals surface area (Å²) in [5.74, 6) is 0.319. The highest BCUT2D eigenvalue weighted by Crippen LogP contribution is 2.49. The summed E-state index contributed by atoms with van der Waals surface area (Å²) in [6, 6.07) is 57.5. The third-order valence-corrected chi connectivity index (χ3v) is 10.9. The van der Waals surface area contributed by atoms with Crippen LogP contribution in [0.25, 0.3) is 71.7 Å². The van der Waals surface area contributed by atoms with Gasteiger partial charge in [0.05, 0.1) is 17.1 Å². The van der Waals surface area contributed by atoms with Crippen LogP contribution < -0.4 is 4.90 Å². The third kappa shape index (κ3) is 4.31. The van der Waals surface area contributed by atoms with Crippen LogP contribution >= 0.6 is 0 Å². The minimum atomic E-state index is 0.280. The highest BCUT2D eigenvalue weighted by atomic mass is 16.3. The lowest BCUT2D eigenvalue weighted by atomic mass is 9.89. The van der Waals surface area contributed by atoms with Crippen LogP contribution in [0.4, 0.5) is 11.4 Å². The van der Waals surface area contributed by atoms with Gasteiger partial charge in [0, 0.05) is 44.5 Å². The summed E-state index contributed by atoms with van der Waals surface area (Å²) in [5.41, 5.74) is 14.1. The summed E-state index contributed by atoms with van der Waals surface area (Å²) < 4.78 is 8.59. The first-order chi connectivity index (χ1) is 25.3. The molecule has 240 valence electrons. The maximum Gasteiger partial charge on any atom is 0.136 e. The molecular formula is C48H32N2O. The molecule has 0 saturated heterocycles. The van der Waals surface area contributed by atoms with E-state index in [1.807, 2.05) is 12.1 Å². The number of fused-ring (bicyclic) bond motifs is 9. The first-order valence-electron chi connectivity index (χ1n) is 17.7. The van der Waals surface area contributed by atoms with Crippen LogP contribution in [0, 0.1) is 0 Å². The van der Waals surface area contributed by atoms with Crippen molar-refractivity contribution in [2.24, 2.45) is 0 Å². The Kier molecular flexibility index (Phi) is 6.08. The summed E-state index contributed by atoms with van der Waals surface area (Å²) in [5, 5.41) is 4.82. The molecule has 3 heteroatoms. The zero-order valence-electron chi connectivity index (χ0n) is 27.8. The standard InChI is InChI=1S/C48H32N2O/c1-2-10-35(11-3-1)49-43-15-7-4-12-37(43)41-28-32(21-26-45(41)49)33-22-27-46-42(29-33)38-13-5-8-16-44(38)50(46)36-23-18-31(19-24-36)34-20-25-40-39-14-6-9-17-47(39)51-48(40)30-34/h1-30,37,43H. The van der Waals surface area contributed by atoms with E-state index in [1.165, 1.54) is 49.9 Å². The SMILES string of the molecule is C1=CC2c3cc(-c4ccc5c(c4)c4ccccc4n5-c4ccc(-c5ccc6c(c5)oc5ccccc56)cc4)ccc3N(c3ccccc3)C2C=C1. The van der Waals surface area contributed by atoms with Crippen LogP contribution in [0.15, 0.2) is 186 Å². The van der Waals surface area contributed by atoms with E-state index in [0.717, 1.165) is 38.8 Å². The molecule has 1 aliphatic carbocycles. The van der Waals surface area contributed by atoms with Crippen molar-refractivity contribution >= 4 is 55.1 Å². The third-order valence-electron chi connectivity index (χ3n) is 10.9. The molecule has 2 aliphatic rings. The molecule has 2 aromatic heterocycles. The maximum absolute atomic E-state index is 6.19. The molecule has 0 saturated carbocycles. The first kappa shape index (κ1) is 28.3. The van der Waals surface area contributed by atoms with E-state index in [2.05, 4.69) is 179 Å². The Morgan fingerprint density at radius 1 is 0.431 bits per heavy atom. The zero-order valence-corrected chi connectivity index (χ0v) is 27.8. The molecule has 1 aliphatic heterocycles. The Labute approximate surface area is 295 Å². The topological polar surface area (TPSA) is 21.3 Å². The molecule has 3 heterocycles. The van der Waals surface area contributed by atoms with E-state index < -0.39 is 0 Å². The van der Waals surface area contributed by atoms with Gasteiger partial charge in [0.1, 0.15) is 11.2 Å². The second-order valence-electron chi connectivity index (χ2n) is 13.7. The van der Waals surface area contributed by atoms with Gasteiger partial charge in [-0.1, -0.05) is 109 Å². The Bertz CT molecular complexity index is 2870. The number of hydrogen-bond donors (Lipinski definition) is 0. The van der Waals surface area contributed by atoms with Crippen LogP contribution in [0.2, 0.25) is 0 Å². The van der Waals surface area contributed by atoms with Crippen molar-refractivity contribution in [3.8, 4) is 27.9 Å². The lowest BCUT2D eigenvalue weighted by Crippen LogP contribution is -2.28. The Morgan fingerprint density at radius 2 is 1.10 bits per heavy atom. The van der Waals surface area contributed by atoms with Gasteiger partial charge < -0.3 is 13.9 Å².